The molecule has 0 aliphatic heterocycles. The Hall–Kier alpha value is -2.44. The number of nitrogens with zero attached hydrogens (tertiary/aromatic N) is 3. The summed E-state index contributed by atoms with van der Waals surface area (Å²) in [6, 6.07) is 1.80. The van der Waals surface area contributed by atoms with Gasteiger partial charge in [0.1, 0.15) is 6.54 Å². The molecule has 7 heteroatoms. The van der Waals surface area contributed by atoms with Crippen LogP contribution in [0, 0.1) is 13.8 Å². The Kier molecular flexibility index (Phi) is 3.12. The van der Waals surface area contributed by atoms with Gasteiger partial charge in [0, 0.05) is 11.7 Å². The van der Waals surface area contributed by atoms with Crippen molar-refractivity contribution in [2.24, 2.45) is 0 Å². The van der Waals surface area contributed by atoms with Crippen LogP contribution in [0.15, 0.2) is 6.07 Å². The second-order valence-corrected chi connectivity index (χ2v) is 5.40. The van der Waals surface area contributed by atoms with E-state index < -0.39 is 5.97 Å². The number of hydrogen-bond acceptors (Lipinski definition) is 4. The van der Waals surface area contributed by atoms with Crippen molar-refractivity contribution in [1.82, 2.24) is 20.1 Å². The number of fused-ring (bicyclic) bond motifs is 1. The molecule has 0 atom stereocenters. The summed E-state index contributed by atoms with van der Waals surface area (Å²) in [4.78, 5) is 27.6. The summed E-state index contributed by atoms with van der Waals surface area (Å²) in [5.41, 5.74) is 1.76. The van der Waals surface area contributed by atoms with Crippen molar-refractivity contribution >= 4 is 22.9 Å². The van der Waals surface area contributed by atoms with E-state index in [-0.39, 0.29) is 24.1 Å². The summed E-state index contributed by atoms with van der Waals surface area (Å²) in [7, 11) is 0. The van der Waals surface area contributed by atoms with E-state index in [2.05, 4.69) is 15.4 Å². The lowest BCUT2D eigenvalue weighted by molar-refractivity contribution is -0.121. The Bertz CT molecular complexity index is 746. The molecular weight excluding hydrogens is 272 g/mol. The molecular formula is C14H16N4O3. The van der Waals surface area contributed by atoms with Crippen LogP contribution in [0.4, 0.5) is 0 Å². The second-order valence-electron chi connectivity index (χ2n) is 5.40. The highest BCUT2D eigenvalue weighted by Crippen LogP contribution is 2.23. The molecule has 0 saturated heterocycles. The fourth-order valence-corrected chi connectivity index (χ4v) is 2.39. The second kappa shape index (κ2) is 4.83. The molecule has 0 unspecified atom stereocenters. The van der Waals surface area contributed by atoms with E-state index in [4.69, 9.17) is 0 Å². The van der Waals surface area contributed by atoms with Crippen LogP contribution in [0.3, 0.4) is 0 Å². The highest BCUT2D eigenvalue weighted by molar-refractivity contribution is 6.03. The van der Waals surface area contributed by atoms with Gasteiger partial charge in [0.25, 0.3) is 0 Å². The number of hydrogen-bond donors (Lipinski definition) is 2. The van der Waals surface area contributed by atoms with Gasteiger partial charge >= 0.3 is 5.97 Å². The van der Waals surface area contributed by atoms with Gasteiger partial charge in [0.05, 0.1) is 16.6 Å². The molecule has 21 heavy (non-hydrogen) atoms. The van der Waals surface area contributed by atoms with Gasteiger partial charge in [0.2, 0.25) is 5.91 Å². The van der Waals surface area contributed by atoms with Crippen LogP contribution >= 0.6 is 0 Å². The van der Waals surface area contributed by atoms with Crippen molar-refractivity contribution in [3.8, 4) is 0 Å². The van der Waals surface area contributed by atoms with Crippen molar-refractivity contribution in [3.63, 3.8) is 0 Å². The van der Waals surface area contributed by atoms with Gasteiger partial charge in [0.15, 0.2) is 5.65 Å². The first-order chi connectivity index (χ1) is 9.95. The van der Waals surface area contributed by atoms with Gasteiger partial charge in [-0.05, 0) is 32.8 Å². The van der Waals surface area contributed by atoms with Gasteiger partial charge in [-0.15, -0.1) is 0 Å². The number of aromatic carboxylic acids is 1. The first kappa shape index (κ1) is 13.5. The zero-order valence-electron chi connectivity index (χ0n) is 11.9. The molecule has 2 N–H and O–H groups in total. The maximum atomic E-state index is 11.9. The maximum Gasteiger partial charge on any atom is 0.336 e. The normalized spacial score (nSPS) is 14.4. The molecule has 3 rings (SSSR count). The van der Waals surface area contributed by atoms with E-state index in [0.29, 0.717) is 22.4 Å². The molecule has 1 aliphatic rings. The highest BCUT2D eigenvalue weighted by atomic mass is 16.4. The summed E-state index contributed by atoms with van der Waals surface area (Å²) in [6.45, 7) is 3.50. The van der Waals surface area contributed by atoms with E-state index in [1.807, 2.05) is 0 Å². The van der Waals surface area contributed by atoms with Crippen molar-refractivity contribution in [1.29, 1.82) is 0 Å². The molecule has 0 aromatic carbocycles. The van der Waals surface area contributed by atoms with E-state index in [1.165, 1.54) is 10.7 Å². The summed E-state index contributed by atoms with van der Waals surface area (Å²) >= 11 is 0. The summed E-state index contributed by atoms with van der Waals surface area (Å²) in [5, 5.41) is 17.0. The highest BCUT2D eigenvalue weighted by Gasteiger charge is 2.24. The standard InChI is InChI=1S/C14H16N4O3/c1-7-5-10(14(20)21)12-8(2)17-18(13(12)15-7)6-11(19)16-9-3-4-9/h5,9H,3-4,6H2,1-2H3,(H,16,19)(H,20,21). The molecule has 0 radical (unpaired) electrons. The lowest BCUT2D eigenvalue weighted by Gasteiger charge is -2.05. The Labute approximate surface area is 121 Å². The molecule has 2 aromatic heterocycles. The predicted molar refractivity (Wildman–Crippen MR) is 75.1 cm³/mol. The number of amides is 1. The smallest absolute Gasteiger partial charge is 0.336 e. The lowest BCUT2D eigenvalue weighted by Crippen LogP contribution is -2.29. The third-order valence-corrected chi connectivity index (χ3v) is 3.47. The minimum atomic E-state index is -1.02. The summed E-state index contributed by atoms with van der Waals surface area (Å²) in [5.74, 6) is -1.14. The molecule has 0 spiro atoms. The molecule has 2 heterocycles. The Morgan fingerprint density at radius 1 is 1.43 bits per heavy atom. The van der Waals surface area contributed by atoms with E-state index in [9.17, 15) is 14.7 Å². The van der Waals surface area contributed by atoms with Crippen LogP contribution in [0.2, 0.25) is 0 Å². The van der Waals surface area contributed by atoms with Crippen LogP contribution in [-0.2, 0) is 11.3 Å². The average molecular weight is 288 g/mol. The SMILES string of the molecule is Cc1cc(C(=O)O)c2c(C)nn(CC(=O)NC3CC3)c2n1. The van der Waals surface area contributed by atoms with Crippen molar-refractivity contribution in [2.45, 2.75) is 39.3 Å². The zero-order chi connectivity index (χ0) is 15.1. The third kappa shape index (κ3) is 2.58. The molecule has 1 fully saturated rings. The Morgan fingerprint density at radius 3 is 2.76 bits per heavy atom. The molecule has 7 nitrogen and oxygen atoms in total. The van der Waals surface area contributed by atoms with Gasteiger partial charge in [-0.3, -0.25) is 4.79 Å². The van der Waals surface area contributed by atoms with Gasteiger partial charge in [-0.25, -0.2) is 14.5 Å². The number of carboxylic acid groups (broad SMARTS) is 1. The first-order valence-corrected chi connectivity index (χ1v) is 6.83. The Balaban J connectivity index is 2.03. The van der Waals surface area contributed by atoms with Gasteiger partial charge in [-0.1, -0.05) is 0 Å². The molecule has 110 valence electrons. The minimum Gasteiger partial charge on any atom is -0.478 e. The Morgan fingerprint density at radius 2 is 2.14 bits per heavy atom. The molecule has 1 saturated carbocycles. The van der Waals surface area contributed by atoms with Crippen LogP contribution in [0.25, 0.3) is 11.0 Å². The van der Waals surface area contributed by atoms with Crippen LogP contribution in [0.5, 0.6) is 0 Å². The van der Waals surface area contributed by atoms with E-state index in [0.717, 1.165) is 12.8 Å². The predicted octanol–water partition coefficient (Wildman–Crippen LogP) is 1.02. The fourth-order valence-electron chi connectivity index (χ4n) is 2.39. The van der Waals surface area contributed by atoms with E-state index in [1.54, 1.807) is 13.8 Å². The summed E-state index contributed by atoms with van der Waals surface area (Å²) < 4.78 is 1.47. The number of carboxylic acids is 1. The largest absolute Gasteiger partial charge is 0.478 e. The third-order valence-electron chi connectivity index (χ3n) is 3.47. The monoisotopic (exact) mass is 288 g/mol. The fraction of sp³-hybridized carbons (Fsp3) is 0.429. The van der Waals surface area contributed by atoms with Gasteiger partial charge in [-0.2, -0.15) is 5.10 Å². The molecule has 1 amide bonds. The molecule has 1 aliphatic carbocycles. The van der Waals surface area contributed by atoms with Crippen molar-refractivity contribution in [3.05, 3.63) is 23.0 Å². The average Bonchev–Trinajstić information content (AvgIpc) is 3.14. The number of carbonyl (C=O) groups excluding carboxylic acids is 1. The number of carbonyl (C=O) groups is 2. The zero-order valence-corrected chi connectivity index (χ0v) is 11.9. The molecule has 0 bridgehead atoms. The van der Waals surface area contributed by atoms with Crippen molar-refractivity contribution in [2.75, 3.05) is 0 Å². The topological polar surface area (TPSA) is 97.1 Å². The minimum absolute atomic E-state index is 0.0519. The molecule has 2 aromatic rings. The number of aromatic nitrogens is 3. The summed E-state index contributed by atoms with van der Waals surface area (Å²) in [6.07, 6.45) is 2.04. The van der Waals surface area contributed by atoms with E-state index >= 15 is 0 Å². The number of pyridine rings is 1. The van der Waals surface area contributed by atoms with Crippen molar-refractivity contribution < 1.29 is 14.7 Å². The first-order valence-electron chi connectivity index (χ1n) is 6.83. The number of aryl methyl sites for hydroxylation is 2. The maximum absolute atomic E-state index is 11.9. The lowest BCUT2D eigenvalue weighted by atomic mass is 10.1. The number of rotatable bonds is 4. The van der Waals surface area contributed by atoms with Crippen LogP contribution < -0.4 is 5.32 Å². The number of nitrogens with one attached hydrogen (secondary N) is 1. The quantitative estimate of drug-likeness (QED) is 0.875. The van der Waals surface area contributed by atoms with Crippen LogP contribution in [-0.4, -0.2) is 37.8 Å². The van der Waals surface area contributed by atoms with Gasteiger partial charge < -0.3 is 10.4 Å². The van der Waals surface area contributed by atoms with Crippen LogP contribution in [0.1, 0.15) is 34.6 Å².